The molecule has 0 saturated heterocycles. The highest BCUT2D eigenvalue weighted by molar-refractivity contribution is 5.88. The lowest BCUT2D eigenvalue weighted by molar-refractivity contribution is -0.162. The maximum Gasteiger partial charge on any atom is 0.333 e. The Labute approximate surface area is 162 Å². The van der Waals surface area contributed by atoms with Gasteiger partial charge in [0.2, 0.25) is 0 Å². The normalized spacial score (nSPS) is 19.0. The van der Waals surface area contributed by atoms with Crippen molar-refractivity contribution in [3.63, 3.8) is 0 Å². The summed E-state index contributed by atoms with van der Waals surface area (Å²) >= 11 is 0. The standard InChI is InChI=1S/C25H28O2/c1-17(2)24(26)27-25(3,18-11-5-4-6-12-18)23-21-15-9-7-13-19(21)20-14-8-10-16-22(20)23/h7-10,13-16,18,23H,1,4-6,11-12H2,2-3H3. The van der Waals surface area contributed by atoms with Crippen LogP contribution in [0.15, 0.2) is 60.7 Å². The van der Waals surface area contributed by atoms with Crippen molar-refractivity contribution < 1.29 is 9.53 Å². The van der Waals surface area contributed by atoms with E-state index in [2.05, 4.69) is 62.0 Å². The number of ether oxygens (including phenoxy) is 1. The van der Waals surface area contributed by atoms with Crippen molar-refractivity contribution in [1.82, 2.24) is 0 Å². The van der Waals surface area contributed by atoms with Crippen molar-refractivity contribution in [3.05, 3.63) is 71.8 Å². The van der Waals surface area contributed by atoms with Crippen LogP contribution in [0.3, 0.4) is 0 Å². The van der Waals surface area contributed by atoms with Crippen LogP contribution in [0.25, 0.3) is 11.1 Å². The lowest BCUT2D eigenvalue weighted by Crippen LogP contribution is -2.46. The molecule has 2 nitrogen and oxygen atoms in total. The highest BCUT2D eigenvalue weighted by Gasteiger charge is 2.49. The van der Waals surface area contributed by atoms with Crippen LogP contribution in [0, 0.1) is 5.92 Å². The van der Waals surface area contributed by atoms with Gasteiger partial charge in [-0.05, 0) is 54.9 Å². The molecule has 140 valence electrons. The van der Waals surface area contributed by atoms with Crippen molar-refractivity contribution in [1.29, 1.82) is 0 Å². The Balaban J connectivity index is 1.86. The third kappa shape index (κ3) is 3.01. The molecule has 2 aliphatic rings. The van der Waals surface area contributed by atoms with Gasteiger partial charge in [-0.25, -0.2) is 4.79 Å². The number of benzene rings is 2. The topological polar surface area (TPSA) is 26.3 Å². The maximum absolute atomic E-state index is 12.7. The number of fused-ring (bicyclic) bond motifs is 3. The average molecular weight is 360 g/mol. The van der Waals surface area contributed by atoms with E-state index in [1.54, 1.807) is 6.92 Å². The van der Waals surface area contributed by atoms with E-state index in [1.165, 1.54) is 41.5 Å². The fourth-order valence-electron chi connectivity index (χ4n) is 5.11. The highest BCUT2D eigenvalue weighted by Crippen LogP contribution is 2.54. The zero-order valence-corrected chi connectivity index (χ0v) is 16.3. The van der Waals surface area contributed by atoms with E-state index >= 15 is 0 Å². The second-order valence-electron chi connectivity index (χ2n) is 8.30. The monoisotopic (exact) mass is 360 g/mol. The molecule has 1 atom stereocenters. The number of hydrogen-bond donors (Lipinski definition) is 0. The largest absolute Gasteiger partial charge is 0.455 e. The predicted octanol–water partition coefficient (Wildman–Crippen LogP) is 6.26. The van der Waals surface area contributed by atoms with E-state index < -0.39 is 5.60 Å². The molecule has 0 aromatic heterocycles. The zero-order chi connectivity index (χ0) is 19.0. The number of rotatable bonds is 4. The van der Waals surface area contributed by atoms with Crippen LogP contribution in [0.2, 0.25) is 0 Å². The number of carbonyl (C=O) groups excluding carboxylic acids is 1. The molecular weight excluding hydrogens is 332 g/mol. The summed E-state index contributed by atoms with van der Waals surface area (Å²) in [4.78, 5) is 12.7. The van der Waals surface area contributed by atoms with Crippen molar-refractivity contribution in [2.75, 3.05) is 0 Å². The summed E-state index contributed by atoms with van der Waals surface area (Å²) in [5.74, 6) is 0.153. The molecule has 2 aliphatic carbocycles. The summed E-state index contributed by atoms with van der Waals surface area (Å²) in [6.07, 6.45) is 5.92. The molecule has 0 spiro atoms. The van der Waals surface area contributed by atoms with E-state index in [0.29, 0.717) is 11.5 Å². The first-order valence-electron chi connectivity index (χ1n) is 10.1. The molecule has 1 saturated carbocycles. The summed E-state index contributed by atoms with van der Waals surface area (Å²) in [6, 6.07) is 17.2. The fourth-order valence-corrected chi connectivity index (χ4v) is 5.11. The van der Waals surface area contributed by atoms with Gasteiger partial charge in [-0.1, -0.05) is 74.4 Å². The molecule has 0 bridgehead atoms. The molecular formula is C25H28O2. The predicted molar refractivity (Wildman–Crippen MR) is 110 cm³/mol. The Morgan fingerprint density at radius 3 is 2.00 bits per heavy atom. The number of carbonyl (C=O) groups is 1. The molecule has 27 heavy (non-hydrogen) atoms. The van der Waals surface area contributed by atoms with Crippen LogP contribution in [0.4, 0.5) is 0 Å². The van der Waals surface area contributed by atoms with Crippen LogP contribution in [-0.2, 0) is 9.53 Å². The van der Waals surface area contributed by atoms with Gasteiger partial charge in [0.15, 0.2) is 0 Å². The van der Waals surface area contributed by atoms with Crippen LogP contribution < -0.4 is 0 Å². The maximum atomic E-state index is 12.7. The quantitative estimate of drug-likeness (QED) is 0.475. The summed E-state index contributed by atoms with van der Waals surface area (Å²) in [5.41, 5.74) is 5.00. The van der Waals surface area contributed by atoms with Crippen molar-refractivity contribution in [3.8, 4) is 11.1 Å². The first kappa shape index (κ1) is 18.0. The van der Waals surface area contributed by atoms with Crippen LogP contribution in [-0.4, -0.2) is 11.6 Å². The van der Waals surface area contributed by atoms with Crippen molar-refractivity contribution in [2.45, 2.75) is 57.5 Å². The second kappa shape index (κ2) is 6.99. The van der Waals surface area contributed by atoms with Gasteiger partial charge in [-0.2, -0.15) is 0 Å². The Kier molecular flexibility index (Phi) is 4.67. The molecule has 1 fully saturated rings. The lowest BCUT2D eigenvalue weighted by atomic mass is 9.68. The van der Waals surface area contributed by atoms with E-state index in [1.807, 2.05) is 0 Å². The second-order valence-corrected chi connectivity index (χ2v) is 8.30. The van der Waals surface area contributed by atoms with E-state index in [4.69, 9.17) is 4.74 Å². The average Bonchev–Trinajstić information content (AvgIpc) is 3.03. The lowest BCUT2D eigenvalue weighted by Gasteiger charge is -2.44. The van der Waals surface area contributed by atoms with Gasteiger partial charge in [-0.3, -0.25) is 0 Å². The van der Waals surface area contributed by atoms with Gasteiger partial charge in [0.05, 0.1) is 5.92 Å². The number of esters is 1. The fraction of sp³-hybridized carbons (Fsp3) is 0.400. The zero-order valence-electron chi connectivity index (χ0n) is 16.3. The van der Waals surface area contributed by atoms with Gasteiger partial charge in [0.25, 0.3) is 0 Å². The van der Waals surface area contributed by atoms with Gasteiger partial charge < -0.3 is 4.74 Å². The Morgan fingerprint density at radius 1 is 0.963 bits per heavy atom. The minimum absolute atomic E-state index is 0.0660. The molecule has 4 rings (SSSR count). The van der Waals surface area contributed by atoms with Crippen LogP contribution in [0.1, 0.15) is 63.0 Å². The van der Waals surface area contributed by atoms with Crippen LogP contribution in [0.5, 0.6) is 0 Å². The molecule has 0 radical (unpaired) electrons. The first-order valence-corrected chi connectivity index (χ1v) is 10.1. The molecule has 0 heterocycles. The molecule has 2 heteroatoms. The summed E-state index contributed by atoms with van der Waals surface area (Å²) in [6.45, 7) is 7.72. The number of hydrogen-bond acceptors (Lipinski definition) is 2. The van der Waals surface area contributed by atoms with Gasteiger partial charge in [0.1, 0.15) is 5.60 Å². The van der Waals surface area contributed by atoms with Gasteiger partial charge in [-0.15, -0.1) is 0 Å². The van der Waals surface area contributed by atoms with Crippen molar-refractivity contribution in [2.24, 2.45) is 5.92 Å². The Hall–Kier alpha value is -2.35. The summed E-state index contributed by atoms with van der Waals surface area (Å²) in [7, 11) is 0. The Bertz CT molecular complexity index is 830. The molecule has 1 unspecified atom stereocenters. The molecule has 0 N–H and O–H groups in total. The third-order valence-corrected chi connectivity index (χ3v) is 6.48. The molecule has 0 aliphatic heterocycles. The molecule has 2 aromatic carbocycles. The smallest absolute Gasteiger partial charge is 0.333 e. The first-order chi connectivity index (χ1) is 13.0. The van der Waals surface area contributed by atoms with Crippen molar-refractivity contribution >= 4 is 5.97 Å². The minimum Gasteiger partial charge on any atom is -0.455 e. The third-order valence-electron chi connectivity index (χ3n) is 6.48. The summed E-state index contributed by atoms with van der Waals surface area (Å²) < 4.78 is 6.30. The van der Waals surface area contributed by atoms with Gasteiger partial charge >= 0.3 is 5.97 Å². The SMILES string of the molecule is C=C(C)C(=O)OC(C)(C1CCCCC1)C1c2ccccc2-c2ccccc21. The summed E-state index contributed by atoms with van der Waals surface area (Å²) in [5, 5.41) is 0. The molecule has 0 amide bonds. The van der Waals surface area contributed by atoms with Crippen LogP contribution >= 0.6 is 0 Å². The van der Waals surface area contributed by atoms with E-state index in [-0.39, 0.29) is 11.9 Å². The minimum atomic E-state index is -0.570. The Morgan fingerprint density at radius 2 is 1.48 bits per heavy atom. The van der Waals surface area contributed by atoms with E-state index in [9.17, 15) is 4.79 Å². The van der Waals surface area contributed by atoms with E-state index in [0.717, 1.165) is 12.8 Å². The van der Waals surface area contributed by atoms with Gasteiger partial charge in [0, 0.05) is 5.57 Å². The highest BCUT2D eigenvalue weighted by atomic mass is 16.6. The molecule has 2 aromatic rings.